The third-order valence-electron chi connectivity index (χ3n) is 2.91. The zero-order valence-corrected chi connectivity index (χ0v) is 11.5. The molecular weight excluding hydrogens is 248 g/mol. The summed E-state index contributed by atoms with van der Waals surface area (Å²) in [7, 11) is 1.97. The van der Waals surface area contributed by atoms with E-state index < -0.39 is 0 Å². The molecule has 0 aliphatic rings. The second-order valence-corrected chi connectivity index (χ2v) is 4.61. The molecule has 20 heavy (non-hydrogen) atoms. The highest BCUT2D eigenvalue weighted by atomic mass is 16.3. The lowest BCUT2D eigenvalue weighted by Crippen LogP contribution is -2.15. The lowest BCUT2D eigenvalue weighted by Gasteiger charge is -2.13. The molecule has 0 atom stereocenters. The van der Waals surface area contributed by atoms with Crippen molar-refractivity contribution in [1.82, 2.24) is 4.90 Å². The molecule has 2 rings (SSSR count). The zero-order chi connectivity index (χ0) is 14.4. The third kappa shape index (κ3) is 3.72. The Morgan fingerprint density at radius 2 is 1.85 bits per heavy atom. The Balaban J connectivity index is 2.20. The maximum absolute atomic E-state index is 9.55. The fourth-order valence-corrected chi connectivity index (χ4v) is 2.02. The van der Waals surface area contributed by atoms with Crippen LogP contribution >= 0.6 is 0 Å². The van der Waals surface area contributed by atoms with E-state index in [1.807, 2.05) is 36.2 Å². The predicted molar refractivity (Wildman–Crippen MR) is 83.7 cm³/mol. The summed E-state index contributed by atoms with van der Waals surface area (Å²) in [4.78, 5) is 5.98. The SMILES string of the molecule is C=CN=CN(C)Cc1cccc(-c2cccc(O)c2)c1. The number of rotatable bonds is 5. The van der Waals surface area contributed by atoms with Gasteiger partial charge in [-0.05, 0) is 34.9 Å². The average Bonchev–Trinajstić information content (AvgIpc) is 2.45. The molecule has 0 aliphatic heterocycles. The highest BCUT2D eigenvalue weighted by molar-refractivity contribution is 5.65. The summed E-state index contributed by atoms with van der Waals surface area (Å²) in [6.45, 7) is 4.32. The minimum atomic E-state index is 0.281. The molecular formula is C17H18N2O. The Morgan fingerprint density at radius 3 is 2.55 bits per heavy atom. The Bertz CT molecular complexity index is 620. The van der Waals surface area contributed by atoms with Gasteiger partial charge in [-0.25, -0.2) is 4.99 Å². The molecule has 3 heteroatoms. The number of aliphatic imine (C=N–C) groups is 1. The molecule has 0 unspecified atom stereocenters. The quantitative estimate of drug-likeness (QED) is 0.662. The van der Waals surface area contributed by atoms with Crippen molar-refractivity contribution in [3.05, 3.63) is 66.9 Å². The molecule has 1 N–H and O–H groups in total. The summed E-state index contributed by atoms with van der Waals surface area (Å²) in [6.07, 6.45) is 3.26. The second kappa shape index (κ2) is 6.57. The standard InChI is InChI=1S/C17H18N2O/c1-3-18-13-19(2)12-14-6-4-7-15(10-14)16-8-5-9-17(20)11-16/h3-11,13,20H,1,12H2,2H3. The number of aromatic hydroxyl groups is 1. The number of benzene rings is 2. The molecule has 0 saturated carbocycles. The first-order valence-electron chi connectivity index (χ1n) is 6.42. The normalized spacial score (nSPS) is 10.7. The van der Waals surface area contributed by atoms with Gasteiger partial charge in [0.1, 0.15) is 5.75 Å². The zero-order valence-electron chi connectivity index (χ0n) is 11.5. The van der Waals surface area contributed by atoms with Gasteiger partial charge in [-0.3, -0.25) is 0 Å². The molecule has 3 nitrogen and oxygen atoms in total. The summed E-state index contributed by atoms with van der Waals surface area (Å²) in [6, 6.07) is 15.5. The molecule has 0 bridgehead atoms. The number of nitrogens with zero attached hydrogens (tertiary/aromatic N) is 2. The molecule has 0 saturated heterocycles. The van der Waals surface area contributed by atoms with Crippen molar-refractivity contribution in [3.8, 4) is 16.9 Å². The van der Waals surface area contributed by atoms with Gasteiger partial charge < -0.3 is 10.0 Å². The maximum Gasteiger partial charge on any atom is 0.116 e. The van der Waals surface area contributed by atoms with Crippen LogP contribution in [-0.4, -0.2) is 23.4 Å². The Hall–Kier alpha value is -2.55. The van der Waals surface area contributed by atoms with Crippen LogP contribution in [0.4, 0.5) is 0 Å². The summed E-state index contributed by atoms with van der Waals surface area (Å²) in [5.74, 6) is 0.281. The molecule has 0 aromatic heterocycles. The molecule has 0 heterocycles. The van der Waals surface area contributed by atoms with E-state index in [0.29, 0.717) is 0 Å². The smallest absolute Gasteiger partial charge is 0.116 e. The highest BCUT2D eigenvalue weighted by Gasteiger charge is 2.01. The van der Waals surface area contributed by atoms with Crippen molar-refractivity contribution in [1.29, 1.82) is 0 Å². The van der Waals surface area contributed by atoms with E-state index in [1.54, 1.807) is 18.5 Å². The van der Waals surface area contributed by atoms with Crippen LogP contribution in [0.15, 0.2) is 66.3 Å². The molecule has 2 aromatic rings. The molecule has 102 valence electrons. The average molecular weight is 266 g/mol. The largest absolute Gasteiger partial charge is 0.508 e. The third-order valence-corrected chi connectivity index (χ3v) is 2.91. The first-order valence-corrected chi connectivity index (χ1v) is 6.42. The summed E-state index contributed by atoms with van der Waals surface area (Å²) in [5.41, 5.74) is 3.28. The summed E-state index contributed by atoms with van der Waals surface area (Å²) >= 11 is 0. The molecule has 0 aliphatic carbocycles. The first-order chi connectivity index (χ1) is 9.69. The van der Waals surface area contributed by atoms with Crippen LogP contribution in [0.25, 0.3) is 11.1 Å². The van der Waals surface area contributed by atoms with E-state index in [4.69, 9.17) is 0 Å². The van der Waals surface area contributed by atoms with Crippen molar-refractivity contribution < 1.29 is 5.11 Å². The Morgan fingerprint density at radius 1 is 1.15 bits per heavy atom. The van der Waals surface area contributed by atoms with Gasteiger partial charge in [0.15, 0.2) is 0 Å². The van der Waals surface area contributed by atoms with Gasteiger partial charge in [-0.1, -0.05) is 36.9 Å². The molecule has 0 radical (unpaired) electrons. The van der Waals surface area contributed by atoms with Crippen molar-refractivity contribution in [2.24, 2.45) is 4.99 Å². The van der Waals surface area contributed by atoms with Crippen molar-refractivity contribution in [3.63, 3.8) is 0 Å². The van der Waals surface area contributed by atoms with Crippen molar-refractivity contribution >= 4 is 6.34 Å². The van der Waals surface area contributed by atoms with Crippen molar-refractivity contribution in [2.75, 3.05) is 7.05 Å². The molecule has 0 amide bonds. The summed E-state index contributed by atoms with van der Waals surface area (Å²) in [5, 5.41) is 9.55. The van der Waals surface area contributed by atoms with Crippen LogP contribution in [-0.2, 0) is 6.54 Å². The van der Waals surface area contributed by atoms with Crippen LogP contribution in [0.1, 0.15) is 5.56 Å². The summed E-state index contributed by atoms with van der Waals surface area (Å²) < 4.78 is 0. The van der Waals surface area contributed by atoms with Crippen LogP contribution in [0, 0.1) is 0 Å². The van der Waals surface area contributed by atoms with Crippen LogP contribution in [0.3, 0.4) is 0 Å². The second-order valence-electron chi connectivity index (χ2n) is 4.61. The van der Waals surface area contributed by atoms with Gasteiger partial charge in [-0.15, -0.1) is 0 Å². The fourth-order valence-electron chi connectivity index (χ4n) is 2.02. The van der Waals surface area contributed by atoms with E-state index >= 15 is 0 Å². The van der Waals surface area contributed by atoms with E-state index in [0.717, 1.165) is 17.7 Å². The van der Waals surface area contributed by atoms with E-state index in [2.05, 4.69) is 23.7 Å². The molecule has 2 aromatic carbocycles. The van der Waals surface area contributed by atoms with Gasteiger partial charge in [0.2, 0.25) is 0 Å². The topological polar surface area (TPSA) is 35.8 Å². The minimum Gasteiger partial charge on any atom is -0.508 e. The maximum atomic E-state index is 9.55. The van der Waals surface area contributed by atoms with Gasteiger partial charge in [-0.2, -0.15) is 0 Å². The monoisotopic (exact) mass is 266 g/mol. The number of hydrogen-bond acceptors (Lipinski definition) is 2. The molecule has 0 fully saturated rings. The fraction of sp³-hybridized carbons (Fsp3) is 0.118. The number of hydrogen-bond donors (Lipinski definition) is 1. The van der Waals surface area contributed by atoms with E-state index in [1.165, 1.54) is 11.8 Å². The predicted octanol–water partition coefficient (Wildman–Crippen LogP) is 3.66. The van der Waals surface area contributed by atoms with E-state index in [-0.39, 0.29) is 5.75 Å². The van der Waals surface area contributed by atoms with Crippen LogP contribution in [0.2, 0.25) is 0 Å². The van der Waals surface area contributed by atoms with Gasteiger partial charge in [0.05, 0.1) is 6.34 Å². The lowest BCUT2D eigenvalue weighted by atomic mass is 10.0. The Labute approximate surface area is 119 Å². The molecule has 0 spiro atoms. The van der Waals surface area contributed by atoms with Crippen molar-refractivity contribution in [2.45, 2.75) is 6.54 Å². The van der Waals surface area contributed by atoms with Gasteiger partial charge in [0.25, 0.3) is 0 Å². The Kier molecular flexibility index (Phi) is 4.56. The number of phenolic OH excluding ortho intramolecular Hbond substituents is 1. The van der Waals surface area contributed by atoms with Gasteiger partial charge >= 0.3 is 0 Å². The van der Waals surface area contributed by atoms with Gasteiger partial charge in [0, 0.05) is 19.8 Å². The minimum absolute atomic E-state index is 0.281. The lowest BCUT2D eigenvalue weighted by molar-refractivity contribution is 0.475. The number of phenols is 1. The first kappa shape index (κ1) is 13.9. The van der Waals surface area contributed by atoms with Crippen LogP contribution < -0.4 is 0 Å². The highest BCUT2D eigenvalue weighted by Crippen LogP contribution is 2.24. The van der Waals surface area contributed by atoms with Crippen LogP contribution in [0.5, 0.6) is 5.75 Å². The van der Waals surface area contributed by atoms with E-state index in [9.17, 15) is 5.11 Å².